The van der Waals surface area contributed by atoms with Crippen LogP contribution in [0.3, 0.4) is 0 Å². The number of benzene rings is 2. The summed E-state index contributed by atoms with van der Waals surface area (Å²) in [6.45, 7) is 5.13. The molecule has 1 atom stereocenters. The third-order valence-electron chi connectivity index (χ3n) is 5.72. The number of dihydropyridines is 1. The molecule has 1 aliphatic rings. The second kappa shape index (κ2) is 13.5. The first kappa shape index (κ1) is 29.2. The lowest BCUT2D eigenvalue weighted by Crippen LogP contribution is -2.34. The van der Waals surface area contributed by atoms with Crippen molar-refractivity contribution in [2.45, 2.75) is 26.7 Å². The lowest BCUT2D eigenvalue weighted by Gasteiger charge is -2.31. The minimum Gasteiger partial charge on any atom is -0.463 e. The second-order valence-electron chi connectivity index (χ2n) is 8.30. The van der Waals surface area contributed by atoms with Crippen molar-refractivity contribution in [3.8, 4) is 0 Å². The molecule has 39 heavy (non-hydrogen) atoms. The average Bonchev–Trinajstić information content (AvgIpc) is 2.91. The van der Waals surface area contributed by atoms with Crippen LogP contribution in [0.5, 0.6) is 0 Å². The highest BCUT2D eigenvalue weighted by molar-refractivity contribution is 7.99. The maximum atomic E-state index is 13.3. The van der Waals surface area contributed by atoms with E-state index in [9.17, 15) is 24.5 Å². The lowest BCUT2D eigenvalue weighted by molar-refractivity contribution is -0.384. The highest BCUT2D eigenvalue weighted by Gasteiger charge is 2.39. The molecule has 3 N–H and O–H groups in total. The van der Waals surface area contributed by atoms with Gasteiger partial charge in [-0.15, -0.1) is 11.8 Å². The summed E-state index contributed by atoms with van der Waals surface area (Å²) in [5.74, 6) is -2.72. The Bertz CT molecular complexity index is 1320. The molecule has 0 saturated heterocycles. The number of hydrogen-bond acceptors (Lipinski definition) is 11. The van der Waals surface area contributed by atoms with Crippen LogP contribution in [-0.2, 0) is 23.8 Å². The number of nitro benzene ring substituents is 1. The number of nitro groups is 1. The Morgan fingerprint density at radius 1 is 0.974 bits per heavy atom. The van der Waals surface area contributed by atoms with Crippen molar-refractivity contribution in [1.82, 2.24) is 5.32 Å². The quantitative estimate of drug-likeness (QED) is 0.0782. The van der Waals surface area contributed by atoms with Crippen LogP contribution in [0.2, 0.25) is 0 Å². The topological polar surface area (TPSA) is 160 Å². The maximum absolute atomic E-state index is 13.3. The predicted octanol–water partition coefficient (Wildman–Crippen LogP) is 4.07. The molecule has 12 heteroatoms. The first-order valence-corrected chi connectivity index (χ1v) is 13.2. The van der Waals surface area contributed by atoms with Gasteiger partial charge in [-0.05, 0) is 50.6 Å². The van der Waals surface area contributed by atoms with Gasteiger partial charge in [0.1, 0.15) is 5.94 Å². The minimum absolute atomic E-state index is 0.0283. The number of nitrogen functional groups attached to an aromatic ring is 1. The van der Waals surface area contributed by atoms with Gasteiger partial charge in [0.2, 0.25) is 0 Å². The lowest BCUT2D eigenvalue weighted by atomic mass is 9.80. The summed E-state index contributed by atoms with van der Waals surface area (Å²) in [6.07, 6.45) is 0. The van der Waals surface area contributed by atoms with Gasteiger partial charge in [0.05, 0.1) is 40.8 Å². The van der Waals surface area contributed by atoms with Crippen molar-refractivity contribution in [2.24, 2.45) is 0 Å². The monoisotopic (exact) mass is 555 g/mol. The van der Waals surface area contributed by atoms with Crippen LogP contribution < -0.4 is 11.1 Å². The van der Waals surface area contributed by atoms with Gasteiger partial charge in [-0.2, -0.15) is 0 Å². The Kier molecular flexibility index (Phi) is 10.1. The SMILES string of the molecule is CCOC(=O)C1=C(C)NC(CSCOC(=O)c2ccc(N)cc2)=C(C(=O)OCC)C1c1cccc([N+](=O)[O-])c1. The predicted molar refractivity (Wildman–Crippen MR) is 146 cm³/mol. The summed E-state index contributed by atoms with van der Waals surface area (Å²) in [4.78, 5) is 49.6. The number of esters is 3. The largest absolute Gasteiger partial charge is 0.463 e. The number of non-ortho nitro benzene ring substituents is 1. The zero-order valence-corrected chi connectivity index (χ0v) is 22.5. The number of hydrogen-bond donors (Lipinski definition) is 2. The Hall–Kier alpha value is -4.32. The second-order valence-corrected chi connectivity index (χ2v) is 9.23. The van der Waals surface area contributed by atoms with Gasteiger partial charge in [0.15, 0.2) is 0 Å². The number of thioether (sulfide) groups is 1. The molecule has 0 radical (unpaired) electrons. The average molecular weight is 556 g/mol. The van der Waals surface area contributed by atoms with E-state index in [2.05, 4.69) is 5.32 Å². The van der Waals surface area contributed by atoms with Gasteiger partial charge in [-0.1, -0.05) is 12.1 Å². The molecule has 2 aromatic rings. The summed E-state index contributed by atoms with van der Waals surface area (Å²) >= 11 is 1.21. The summed E-state index contributed by atoms with van der Waals surface area (Å²) < 4.78 is 15.9. The Morgan fingerprint density at radius 3 is 2.23 bits per heavy atom. The molecular formula is C27H29N3O8S. The molecule has 1 heterocycles. The van der Waals surface area contributed by atoms with Crippen molar-refractivity contribution in [2.75, 3.05) is 30.6 Å². The van der Waals surface area contributed by atoms with Crippen LogP contribution in [0.25, 0.3) is 0 Å². The zero-order valence-electron chi connectivity index (χ0n) is 21.7. The van der Waals surface area contributed by atoms with Crippen LogP contribution in [0.1, 0.15) is 42.6 Å². The molecule has 3 rings (SSSR count). The molecular weight excluding hydrogens is 526 g/mol. The molecule has 0 fully saturated rings. The number of allylic oxidation sites excluding steroid dienone is 1. The van der Waals surface area contributed by atoms with Crippen LogP contribution >= 0.6 is 11.8 Å². The smallest absolute Gasteiger partial charge is 0.338 e. The summed E-state index contributed by atoms with van der Waals surface area (Å²) in [6, 6.07) is 12.0. The first-order valence-electron chi connectivity index (χ1n) is 12.1. The number of nitrogens with one attached hydrogen (secondary N) is 1. The molecule has 0 aliphatic carbocycles. The molecule has 11 nitrogen and oxygen atoms in total. The highest BCUT2D eigenvalue weighted by Crippen LogP contribution is 2.41. The number of carbonyl (C=O) groups excluding carboxylic acids is 3. The Morgan fingerprint density at radius 2 is 1.62 bits per heavy atom. The molecule has 0 saturated carbocycles. The third-order valence-corrected chi connectivity index (χ3v) is 6.49. The van der Waals surface area contributed by atoms with Crippen molar-refractivity contribution in [3.63, 3.8) is 0 Å². The number of carbonyl (C=O) groups is 3. The van der Waals surface area contributed by atoms with Crippen molar-refractivity contribution < 1.29 is 33.5 Å². The first-order chi connectivity index (χ1) is 18.7. The Labute approximate surface area is 229 Å². The van der Waals surface area contributed by atoms with Crippen LogP contribution in [0.4, 0.5) is 11.4 Å². The fraction of sp³-hybridized carbons (Fsp3) is 0.296. The van der Waals surface area contributed by atoms with E-state index in [0.29, 0.717) is 28.2 Å². The van der Waals surface area contributed by atoms with Crippen molar-refractivity contribution >= 4 is 41.0 Å². The van der Waals surface area contributed by atoms with Crippen molar-refractivity contribution in [1.29, 1.82) is 0 Å². The van der Waals surface area contributed by atoms with E-state index < -0.39 is 28.7 Å². The molecule has 0 bridgehead atoms. The van der Waals surface area contributed by atoms with Gasteiger partial charge >= 0.3 is 17.9 Å². The standard InChI is InChI=1S/C27H29N3O8S/c1-4-36-26(32)22-16(3)29-21(14-39-15-38-25(31)17-9-11-19(28)12-10-17)24(27(33)37-5-2)23(22)18-7-6-8-20(13-18)30(34)35/h6-13,23,29H,4-5,14-15,28H2,1-3H3. The molecule has 1 aliphatic heterocycles. The highest BCUT2D eigenvalue weighted by atomic mass is 32.2. The zero-order chi connectivity index (χ0) is 28.5. The van der Waals surface area contributed by atoms with Crippen LogP contribution in [0, 0.1) is 10.1 Å². The van der Waals surface area contributed by atoms with E-state index >= 15 is 0 Å². The third kappa shape index (κ3) is 7.17. The Balaban J connectivity index is 1.96. The van der Waals surface area contributed by atoms with Crippen LogP contribution in [0.15, 0.2) is 71.1 Å². The molecule has 206 valence electrons. The molecule has 0 spiro atoms. The minimum atomic E-state index is -0.989. The van der Waals surface area contributed by atoms with Gasteiger partial charge in [0.25, 0.3) is 5.69 Å². The molecule has 0 aromatic heterocycles. The fourth-order valence-corrected chi connectivity index (χ4v) is 4.74. The van der Waals surface area contributed by atoms with Gasteiger partial charge in [0, 0.05) is 35.0 Å². The number of anilines is 1. The van der Waals surface area contributed by atoms with E-state index in [1.54, 1.807) is 51.1 Å². The maximum Gasteiger partial charge on any atom is 0.338 e. The number of nitrogens with two attached hydrogens (primary N) is 1. The van der Waals surface area contributed by atoms with Crippen molar-refractivity contribution in [3.05, 3.63) is 92.3 Å². The van der Waals surface area contributed by atoms with Gasteiger partial charge < -0.3 is 25.3 Å². The molecule has 2 aromatic carbocycles. The number of ether oxygens (including phenoxy) is 3. The van der Waals surface area contributed by atoms with Gasteiger partial charge in [-0.25, -0.2) is 14.4 Å². The summed E-state index contributed by atoms with van der Waals surface area (Å²) in [5.41, 5.74) is 7.78. The summed E-state index contributed by atoms with van der Waals surface area (Å²) in [5, 5.41) is 14.6. The fourth-order valence-electron chi connectivity index (χ4n) is 4.03. The molecule has 1 unspecified atom stereocenters. The van der Waals surface area contributed by atoms with Crippen LogP contribution in [-0.4, -0.2) is 47.7 Å². The van der Waals surface area contributed by atoms with E-state index in [1.807, 2.05) is 0 Å². The van der Waals surface area contributed by atoms with Gasteiger partial charge in [-0.3, -0.25) is 10.1 Å². The summed E-state index contributed by atoms with van der Waals surface area (Å²) in [7, 11) is 0. The van der Waals surface area contributed by atoms with E-state index in [-0.39, 0.29) is 41.7 Å². The van der Waals surface area contributed by atoms with E-state index in [1.165, 1.54) is 30.0 Å². The normalized spacial score (nSPS) is 14.9. The number of nitrogens with zero attached hydrogens (tertiary/aromatic N) is 1. The van der Waals surface area contributed by atoms with E-state index in [0.717, 1.165) is 0 Å². The van der Waals surface area contributed by atoms with E-state index in [4.69, 9.17) is 19.9 Å². The molecule has 0 amide bonds. The number of rotatable bonds is 11.